The molecule has 0 saturated carbocycles. The minimum atomic E-state index is -4.27. The summed E-state index contributed by atoms with van der Waals surface area (Å²) in [6, 6.07) is 14.5. The summed E-state index contributed by atoms with van der Waals surface area (Å²) in [7, 11) is -4.27. The highest BCUT2D eigenvalue weighted by Crippen LogP contribution is 2.35. The van der Waals surface area contributed by atoms with Crippen molar-refractivity contribution in [2.45, 2.75) is 32.2 Å². The van der Waals surface area contributed by atoms with Gasteiger partial charge in [-0.05, 0) is 32.0 Å². The molecule has 0 aliphatic heterocycles. The molecule has 0 N–H and O–H groups in total. The number of aryl methyl sites for hydroxylation is 3. The minimum Gasteiger partial charge on any atom is -0.744 e. The van der Waals surface area contributed by atoms with Crippen LogP contribution in [0.4, 0.5) is 0 Å². The van der Waals surface area contributed by atoms with Gasteiger partial charge in [0.15, 0.2) is 0 Å². The molecular formula is C19H19NO3S3. The van der Waals surface area contributed by atoms with Gasteiger partial charge in [0.05, 0.1) is 4.90 Å². The number of aromatic nitrogens is 1. The zero-order chi connectivity index (χ0) is 18.9. The Morgan fingerprint density at radius 1 is 1.00 bits per heavy atom. The highest BCUT2D eigenvalue weighted by Gasteiger charge is 2.20. The second-order valence-corrected chi connectivity index (χ2v) is 9.48. The van der Waals surface area contributed by atoms with Crippen LogP contribution in [-0.4, -0.2) is 13.0 Å². The lowest BCUT2D eigenvalue weighted by atomic mass is 10.2. The van der Waals surface area contributed by atoms with Crippen LogP contribution in [0.3, 0.4) is 0 Å². The van der Waals surface area contributed by atoms with Gasteiger partial charge in [-0.2, -0.15) is 4.57 Å². The van der Waals surface area contributed by atoms with Crippen LogP contribution in [0, 0.1) is 13.8 Å². The lowest BCUT2D eigenvalue weighted by Crippen LogP contribution is -2.32. The average Bonchev–Trinajstić information content (AvgIpc) is 3.09. The van der Waals surface area contributed by atoms with Gasteiger partial charge in [0, 0.05) is 17.0 Å². The fraction of sp³-hybridized carbons (Fsp3) is 0.211. The first-order valence-corrected chi connectivity index (χ1v) is 11.2. The lowest BCUT2D eigenvalue weighted by molar-refractivity contribution is -0.667. The van der Waals surface area contributed by atoms with Crippen LogP contribution in [0.2, 0.25) is 0 Å². The van der Waals surface area contributed by atoms with E-state index in [1.54, 1.807) is 12.1 Å². The van der Waals surface area contributed by atoms with E-state index in [0.29, 0.717) is 0 Å². The smallest absolute Gasteiger partial charge is 0.281 e. The summed E-state index contributed by atoms with van der Waals surface area (Å²) in [6.07, 6.45) is 0. The standard InChI is InChI=1S/C12H12NS2.C7H8O3S/c1-3-13-8(2)14-11-9-6-4-5-7-10(9)15-12(11)13;1-6-2-4-7(5-3-6)11(8,9)10/h4-7H,3H2,1-2H3;2-5H,1H3,(H,8,9,10)/q+1;/p-1. The zero-order valence-corrected chi connectivity index (χ0v) is 17.2. The monoisotopic (exact) mass is 405 g/mol. The molecule has 7 heteroatoms. The maximum Gasteiger partial charge on any atom is 0.281 e. The summed E-state index contributed by atoms with van der Waals surface area (Å²) >= 11 is 3.82. The van der Waals surface area contributed by atoms with E-state index in [-0.39, 0.29) is 4.90 Å². The van der Waals surface area contributed by atoms with Gasteiger partial charge in [-0.1, -0.05) is 58.6 Å². The summed E-state index contributed by atoms with van der Waals surface area (Å²) in [4.78, 5) is 1.25. The maximum atomic E-state index is 10.4. The molecule has 4 nitrogen and oxygen atoms in total. The molecule has 0 bridgehead atoms. The minimum absolute atomic E-state index is 0.178. The van der Waals surface area contributed by atoms with Gasteiger partial charge < -0.3 is 4.55 Å². The molecule has 0 unspecified atom stereocenters. The first-order valence-electron chi connectivity index (χ1n) is 8.14. The molecular weight excluding hydrogens is 386 g/mol. The van der Waals surface area contributed by atoms with Crippen LogP contribution in [0.1, 0.15) is 17.5 Å². The lowest BCUT2D eigenvalue weighted by Gasteiger charge is -2.05. The molecule has 2 aromatic carbocycles. The molecule has 0 aliphatic rings. The van der Waals surface area contributed by atoms with Crippen molar-refractivity contribution in [2.75, 3.05) is 0 Å². The first-order chi connectivity index (χ1) is 12.3. The summed E-state index contributed by atoms with van der Waals surface area (Å²) < 4.78 is 36.4. The molecule has 0 spiro atoms. The number of thiazole rings is 1. The summed E-state index contributed by atoms with van der Waals surface area (Å²) in [6.45, 7) is 7.30. The van der Waals surface area contributed by atoms with Crippen molar-refractivity contribution >= 4 is 52.4 Å². The Balaban J connectivity index is 0.000000160. The van der Waals surface area contributed by atoms with Crippen molar-refractivity contribution in [3.8, 4) is 0 Å². The largest absolute Gasteiger partial charge is 0.744 e. The molecule has 136 valence electrons. The van der Waals surface area contributed by atoms with E-state index >= 15 is 0 Å². The van der Waals surface area contributed by atoms with E-state index in [9.17, 15) is 13.0 Å². The van der Waals surface area contributed by atoms with Gasteiger partial charge in [-0.25, -0.2) is 8.42 Å². The number of benzene rings is 2. The number of fused-ring (bicyclic) bond motifs is 3. The molecule has 2 aromatic heterocycles. The van der Waals surface area contributed by atoms with Crippen molar-refractivity contribution in [3.05, 3.63) is 59.1 Å². The summed E-state index contributed by atoms with van der Waals surface area (Å²) in [5.41, 5.74) is 0.928. The Hall–Kier alpha value is -1.80. The van der Waals surface area contributed by atoms with Crippen molar-refractivity contribution in [3.63, 3.8) is 0 Å². The van der Waals surface area contributed by atoms with Crippen molar-refractivity contribution < 1.29 is 17.5 Å². The fourth-order valence-corrected chi connectivity index (χ4v) is 5.87. The first kappa shape index (κ1) is 19.0. The Morgan fingerprint density at radius 2 is 1.65 bits per heavy atom. The molecule has 4 aromatic rings. The Bertz CT molecular complexity index is 1160. The van der Waals surface area contributed by atoms with Gasteiger partial charge >= 0.3 is 0 Å². The highest BCUT2D eigenvalue weighted by molar-refractivity contribution is 7.85. The second kappa shape index (κ2) is 7.44. The molecule has 2 heterocycles. The molecule has 0 radical (unpaired) electrons. The van der Waals surface area contributed by atoms with Crippen LogP contribution in [0.25, 0.3) is 19.6 Å². The molecule has 0 fully saturated rings. The Labute approximate surface area is 161 Å². The zero-order valence-electron chi connectivity index (χ0n) is 14.7. The third-order valence-electron chi connectivity index (χ3n) is 4.03. The van der Waals surface area contributed by atoms with E-state index in [1.165, 1.54) is 36.8 Å². The maximum absolute atomic E-state index is 10.4. The Kier molecular flexibility index (Phi) is 5.43. The number of hydrogen-bond acceptors (Lipinski definition) is 5. The van der Waals surface area contributed by atoms with Gasteiger partial charge in [0.1, 0.15) is 21.4 Å². The quantitative estimate of drug-likeness (QED) is 0.361. The second-order valence-electron chi connectivity index (χ2n) is 5.87. The van der Waals surface area contributed by atoms with E-state index < -0.39 is 10.1 Å². The molecule has 0 atom stereocenters. The van der Waals surface area contributed by atoms with Gasteiger partial charge in [-0.3, -0.25) is 0 Å². The Morgan fingerprint density at radius 3 is 2.27 bits per heavy atom. The van der Waals surface area contributed by atoms with Crippen LogP contribution >= 0.6 is 22.7 Å². The molecule has 0 aliphatic carbocycles. The van der Waals surface area contributed by atoms with Crippen LogP contribution in [0.15, 0.2) is 53.4 Å². The predicted octanol–water partition coefficient (Wildman–Crippen LogP) is 4.63. The van der Waals surface area contributed by atoms with E-state index in [2.05, 4.69) is 42.7 Å². The summed E-state index contributed by atoms with van der Waals surface area (Å²) in [5.74, 6) is 0. The number of thiophene rings is 1. The molecule has 0 saturated heterocycles. The van der Waals surface area contributed by atoms with Gasteiger partial charge in [-0.15, -0.1) is 0 Å². The van der Waals surface area contributed by atoms with E-state index in [1.807, 2.05) is 29.6 Å². The molecule has 0 amide bonds. The van der Waals surface area contributed by atoms with Crippen LogP contribution < -0.4 is 4.57 Å². The van der Waals surface area contributed by atoms with Crippen molar-refractivity contribution in [2.24, 2.45) is 0 Å². The fourth-order valence-electron chi connectivity index (χ4n) is 2.70. The van der Waals surface area contributed by atoms with E-state index in [4.69, 9.17) is 0 Å². The normalized spacial score (nSPS) is 11.5. The highest BCUT2D eigenvalue weighted by atomic mass is 32.2. The van der Waals surface area contributed by atoms with E-state index in [0.717, 1.165) is 12.1 Å². The van der Waals surface area contributed by atoms with Crippen LogP contribution in [-0.2, 0) is 16.7 Å². The topological polar surface area (TPSA) is 61.1 Å². The van der Waals surface area contributed by atoms with Crippen LogP contribution in [0.5, 0.6) is 0 Å². The predicted molar refractivity (Wildman–Crippen MR) is 107 cm³/mol. The third kappa shape index (κ3) is 3.81. The van der Waals surface area contributed by atoms with Crippen molar-refractivity contribution in [1.29, 1.82) is 0 Å². The average molecular weight is 406 g/mol. The number of rotatable bonds is 2. The molecule has 4 rings (SSSR count). The van der Waals surface area contributed by atoms with Gasteiger partial charge in [0.2, 0.25) is 5.01 Å². The number of nitrogens with zero attached hydrogens (tertiary/aromatic N) is 1. The third-order valence-corrected chi connectivity index (χ3v) is 7.34. The molecule has 26 heavy (non-hydrogen) atoms. The van der Waals surface area contributed by atoms with Crippen molar-refractivity contribution in [1.82, 2.24) is 0 Å². The summed E-state index contributed by atoms with van der Waals surface area (Å²) in [5, 5.41) is 2.82. The SMILES string of the molecule is CC[n+]1c(C)sc2c3ccccc3sc21.Cc1ccc(S(=O)(=O)[O-])cc1. The van der Waals surface area contributed by atoms with Gasteiger partial charge in [0.25, 0.3) is 4.83 Å². The number of hydrogen-bond donors (Lipinski definition) is 0.